The molecule has 144 valence electrons. The van der Waals surface area contributed by atoms with Crippen LogP contribution < -0.4 is 5.32 Å². The number of nitrogens with zero attached hydrogens (tertiary/aromatic N) is 4. The molecule has 3 rings (SSSR count). The quantitative estimate of drug-likeness (QED) is 0.687. The summed E-state index contributed by atoms with van der Waals surface area (Å²) in [4.78, 5) is 16.9. The van der Waals surface area contributed by atoms with Gasteiger partial charge in [-0.2, -0.15) is 10.4 Å². The van der Waals surface area contributed by atoms with Crippen molar-refractivity contribution in [3.63, 3.8) is 0 Å². The SMILES string of the molecule is Cc1nc2c(C#N)cnn2c(C)c1CCC(=O)N[C@H](C)CCc1ccccc1. The molecule has 28 heavy (non-hydrogen) atoms. The van der Waals surface area contributed by atoms with E-state index in [1.165, 1.54) is 11.8 Å². The normalized spacial score (nSPS) is 11.9. The Morgan fingerprint density at radius 2 is 2.00 bits per heavy atom. The molecule has 0 aliphatic heterocycles. The molecule has 0 fully saturated rings. The molecule has 1 N–H and O–H groups in total. The van der Waals surface area contributed by atoms with Gasteiger partial charge in [0.2, 0.25) is 5.91 Å². The van der Waals surface area contributed by atoms with Crippen molar-refractivity contribution in [1.82, 2.24) is 19.9 Å². The summed E-state index contributed by atoms with van der Waals surface area (Å²) in [5.74, 6) is 0.0395. The molecule has 0 aliphatic rings. The van der Waals surface area contributed by atoms with Crippen LogP contribution in [0.15, 0.2) is 36.5 Å². The van der Waals surface area contributed by atoms with Gasteiger partial charge >= 0.3 is 0 Å². The molecule has 0 radical (unpaired) electrons. The number of carbonyl (C=O) groups is 1. The fraction of sp³-hybridized carbons (Fsp3) is 0.364. The lowest BCUT2D eigenvalue weighted by Crippen LogP contribution is -2.33. The van der Waals surface area contributed by atoms with E-state index in [2.05, 4.69) is 33.6 Å². The van der Waals surface area contributed by atoms with E-state index in [0.717, 1.165) is 29.8 Å². The third-order valence-corrected chi connectivity index (χ3v) is 5.05. The van der Waals surface area contributed by atoms with Crippen LogP contribution >= 0.6 is 0 Å². The van der Waals surface area contributed by atoms with Crippen LogP contribution in [0.25, 0.3) is 5.65 Å². The van der Waals surface area contributed by atoms with Gasteiger partial charge in [-0.05, 0) is 51.2 Å². The molecule has 1 amide bonds. The molecule has 0 saturated carbocycles. The lowest BCUT2D eigenvalue weighted by molar-refractivity contribution is -0.121. The number of nitrogens with one attached hydrogen (secondary N) is 1. The summed E-state index contributed by atoms with van der Waals surface area (Å²) in [6.07, 6.45) is 4.38. The highest BCUT2D eigenvalue weighted by molar-refractivity contribution is 5.76. The zero-order valence-electron chi connectivity index (χ0n) is 16.6. The predicted octanol–water partition coefficient (Wildman–Crippen LogP) is 3.29. The minimum Gasteiger partial charge on any atom is -0.354 e. The van der Waals surface area contributed by atoms with Gasteiger partial charge in [0.15, 0.2) is 5.65 Å². The Labute approximate surface area is 165 Å². The third-order valence-electron chi connectivity index (χ3n) is 5.05. The molecular formula is C22H25N5O. The summed E-state index contributed by atoms with van der Waals surface area (Å²) in [7, 11) is 0. The van der Waals surface area contributed by atoms with Crippen molar-refractivity contribution in [1.29, 1.82) is 5.26 Å². The van der Waals surface area contributed by atoms with Crippen molar-refractivity contribution in [3.8, 4) is 6.07 Å². The summed E-state index contributed by atoms with van der Waals surface area (Å²) >= 11 is 0. The highest BCUT2D eigenvalue weighted by atomic mass is 16.1. The van der Waals surface area contributed by atoms with Gasteiger partial charge < -0.3 is 5.32 Å². The minimum atomic E-state index is 0.0395. The van der Waals surface area contributed by atoms with Crippen LogP contribution in [-0.4, -0.2) is 26.5 Å². The average molecular weight is 375 g/mol. The van der Waals surface area contributed by atoms with Crippen LogP contribution in [0.3, 0.4) is 0 Å². The fourth-order valence-electron chi connectivity index (χ4n) is 3.44. The molecular weight excluding hydrogens is 350 g/mol. The van der Waals surface area contributed by atoms with Gasteiger partial charge in [0.25, 0.3) is 0 Å². The van der Waals surface area contributed by atoms with Crippen molar-refractivity contribution >= 4 is 11.6 Å². The van der Waals surface area contributed by atoms with Gasteiger partial charge in [-0.15, -0.1) is 0 Å². The Balaban J connectivity index is 1.58. The molecule has 0 unspecified atom stereocenters. The number of rotatable bonds is 7. The Morgan fingerprint density at radius 3 is 2.71 bits per heavy atom. The Bertz CT molecular complexity index is 1020. The van der Waals surface area contributed by atoms with E-state index in [-0.39, 0.29) is 11.9 Å². The van der Waals surface area contributed by atoms with E-state index in [1.54, 1.807) is 4.52 Å². The summed E-state index contributed by atoms with van der Waals surface area (Å²) in [5, 5.41) is 16.5. The molecule has 3 aromatic rings. The number of hydrogen-bond donors (Lipinski definition) is 1. The zero-order valence-corrected chi connectivity index (χ0v) is 16.6. The van der Waals surface area contributed by atoms with Crippen LogP contribution in [-0.2, 0) is 17.6 Å². The van der Waals surface area contributed by atoms with E-state index in [4.69, 9.17) is 5.26 Å². The van der Waals surface area contributed by atoms with Gasteiger partial charge in [0.1, 0.15) is 11.6 Å². The van der Waals surface area contributed by atoms with E-state index < -0.39 is 0 Å². The van der Waals surface area contributed by atoms with Gasteiger partial charge in [-0.25, -0.2) is 9.50 Å². The summed E-state index contributed by atoms with van der Waals surface area (Å²) in [6, 6.07) is 12.5. The van der Waals surface area contributed by atoms with E-state index in [1.807, 2.05) is 39.0 Å². The van der Waals surface area contributed by atoms with Crippen molar-refractivity contribution < 1.29 is 4.79 Å². The maximum Gasteiger partial charge on any atom is 0.220 e. The maximum absolute atomic E-state index is 12.4. The van der Waals surface area contributed by atoms with Gasteiger partial charge in [-0.3, -0.25) is 4.79 Å². The number of fused-ring (bicyclic) bond motifs is 1. The third kappa shape index (κ3) is 4.37. The summed E-state index contributed by atoms with van der Waals surface area (Å²) in [6.45, 7) is 5.90. The second kappa shape index (κ2) is 8.66. The first-order valence-electron chi connectivity index (χ1n) is 9.56. The molecule has 6 heteroatoms. The van der Waals surface area contributed by atoms with E-state index in [9.17, 15) is 4.79 Å². The number of aromatic nitrogens is 3. The van der Waals surface area contributed by atoms with Crippen molar-refractivity contribution in [2.24, 2.45) is 0 Å². The molecule has 6 nitrogen and oxygen atoms in total. The number of hydrogen-bond acceptors (Lipinski definition) is 4. The van der Waals surface area contributed by atoms with Crippen molar-refractivity contribution in [3.05, 3.63) is 64.6 Å². The lowest BCUT2D eigenvalue weighted by atomic mass is 10.0. The first kappa shape index (κ1) is 19.6. The molecule has 2 heterocycles. The van der Waals surface area contributed by atoms with Crippen LogP contribution in [0.5, 0.6) is 0 Å². The number of amides is 1. The first-order chi connectivity index (χ1) is 13.5. The van der Waals surface area contributed by atoms with Crippen molar-refractivity contribution in [2.45, 2.75) is 52.5 Å². The number of nitriles is 1. The molecule has 0 saturated heterocycles. The molecule has 1 atom stereocenters. The Kier molecular flexibility index (Phi) is 6.05. The second-order valence-corrected chi connectivity index (χ2v) is 7.16. The standard InChI is InChI=1S/C22H25N5O/c1-15(9-10-18-7-5-4-6-8-18)25-21(28)12-11-20-16(2)26-22-19(13-23)14-24-27(22)17(20)3/h4-8,14-15H,9-12H2,1-3H3,(H,25,28)/t15-/m1/s1. The highest BCUT2D eigenvalue weighted by Crippen LogP contribution is 2.18. The minimum absolute atomic E-state index is 0.0395. The Morgan fingerprint density at radius 1 is 1.25 bits per heavy atom. The Hall–Kier alpha value is -3.20. The second-order valence-electron chi connectivity index (χ2n) is 7.16. The maximum atomic E-state index is 12.4. The molecule has 0 spiro atoms. The van der Waals surface area contributed by atoms with Gasteiger partial charge in [-0.1, -0.05) is 30.3 Å². The summed E-state index contributed by atoms with van der Waals surface area (Å²) in [5.41, 5.74) is 5.08. The molecule has 0 bridgehead atoms. The van der Waals surface area contributed by atoms with Crippen LogP contribution in [0.4, 0.5) is 0 Å². The predicted molar refractivity (Wildman–Crippen MR) is 108 cm³/mol. The average Bonchev–Trinajstić information content (AvgIpc) is 3.10. The van der Waals surface area contributed by atoms with Crippen molar-refractivity contribution in [2.75, 3.05) is 0 Å². The first-order valence-corrected chi connectivity index (χ1v) is 9.56. The molecule has 2 aromatic heterocycles. The van der Waals surface area contributed by atoms with E-state index in [0.29, 0.717) is 24.1 Å². The fourth-order valence-corrected chi connectivity index (χ4v) is 3.44. The smallest absolute Gasteiger partial charge is 0.220 e. The molecule has 0 aliphatic carbocycles. The van der Waals surface area contributed by atoms with Crippen LogP contribution in [0, 0.1) is 25.2 Å². The van der Waals surface area contributed by atoms with Crippen LogP contribution in [0.2, 0.25) is 0 Å². The lowest BCUT2D eigenvalue weighted by Gasteiger charge is -2.15. The zero-order chi connectivity index (χ0) is 20.1. The topological polar surface area (TPSA) is 83.1 Å². The summed E-state index contributed by atoms with van der Waals surface area (Å²) < 4.78 is 1.68. The highest BCUT2D eigenvalue weighted by Gasteiger charge is 2.15. The number of carbonyl (C=O) groups excluding carboxylic acids is 1. The monoisotopic (exact) mass is 375 g/mol. The number of benzene rings is 1. The largest absolute Gasteiger partial charge is 0.354 e. The van der Waals surface area contributed by atoms with E-state index >= 15 is 0 Å². The van der Waals surface area contributed by atoms with Gasteiger partial charge in [0.05, 0.1) is 6.20 Å². The van der Waals surface area contributed by atoms with Crippen LogP contribution in [0.1, 0.15) is 47.8 Å². The van der Waals surface area contributed by atoms with Gasteiger partial charge in [0, 0.05) is 23.9 Å². The molecule has 1 aromatic carbocycles. The number of aryl methyl sites for hydroxylation is 3.